The van der Waals surface area contributed by atoms with Gasteiger partial charge < -0.3 is 5.73 Å². The van der Waals surface area contributed by atoms with Gasteiger partial charge >= 0.3 is 0 Å². The number of halogens is 1. The van der Waals surface area contributed by atoms with E-state index >= 15 is 0 Å². The lowest BCUT2D eigenvalue weighted by atomic mass is 10.2. The average Bonchev–Trinajstić information content (AvgIpc) is 1.94. The maximum atomic E-state index is 5.65. The van der Waals surface area contributed by atoms with Gasteiger partial charge in [0.25, 0.3) is 0 Å². The lowest BCUT2D eigenvalue weighted by Crippen LogP contribution is -2.07. The van der Waals surface area contributed by atoms with Gasteiger partial charge in [-0.05, 0) is 41.9 Å². The highest BCUT2D eigenvalue weighted by Crippen LogP contribution is 2.16. The normalized spacial score (nSPS) is 13.1. The predicted octanol–water partition coefficient (Wildman–Crippen LogP) is 2.17. The van der Waals surface area contributed by atoms with Gasteiger partial charge in [-0.2, -0.15) is 0 Å². The number of aryl methyl sites for hydroxylation is 1. The van der Waals surface area contributed by atoms with Crippen molar-refractivity contribution in [3.63, 3.8) is 0 Å². The van der Waals surface area contributed by atoms with Crippen LogP contribution in [0.3, 0.4) is 0 Å². The van der Waals surface area contributed by atoms with Gasteiger partial charge in [0.15, 0.2) is 0 Å². The fourth-order valence-corrected chi connectivity index (χ4v) is 1.04. The first-order valence-corrected chi connectivity index (χ1v) is 4.29. The van der Waals surface area contributed by atoms with Gasteiger partial charge in [0.2, 0.25) is 0 Å². The van der Waals surface area contributed by atoms with Crippen LogP contribution in [0.5, 0.6) is 0 Å². The zero-order chi connectivity index (χ0) is 8.43. The Morgan fingerprint density at radius 1 is 1.55 bits per heavy atom. The topological polar surface area (TPSA) is 38.9 Å². The van der Waals surface area contributed by atoms with Crippen molar-refractivity contribution in [2.24, 2.45) is 5.73 Å². The van der Waals surface area contributed by atoms with Crippen molar-refractivity contribution >= 4 is 15.9 Å². The van der Waals surface area contributed by atoms with E-state index in [0.717, 1.165) is 15.9 Å². The number of nitrogens with two attached hydrogens (primary N) is 1. The van der Waals surface area contributed by atoms with Crippen LogP contribution in [0, 0.1) is 6.92 Å². The Balaban J connectivity index is 3.05. The minimum Gasteiger partial charge on any atom is -0.323 e. The Hall–Kier alpha value is -0.410. The van der Waals surface area contributed by atoms with Crippen molar-refractivity contribution in [3.05, 3.63) is 28.0 Å². The van der Waals surface area contributed by atoms with Crippen LogP contribution in [0.1, 0.15) is 24.4 Å². The van der Waals surface area contributed by atoms with E-state index in [9.17, 15) is 0 Å². The molecule has 2 N–H and O–H groups in total. The van der Waals surface area contributed by atoms with Gasteiger partial charge in [0.1, 0.15) is 0 Å². The number of pyridine rings is 1. The van der Waals surface area contributed by atoms with Crippen LogP contribution in [-0.2, 0) is 0 Å². The van der Waals surface area contributed by atoms with E-state index in [1.165, 1.54) is 0 Å². The Bertz CT molecular complexity index is 258. The SMILES string of the molecule is Cc1nc(C(C)N)ccc1Br. The van der Waals surface area contributed by atoms with Crippen molar-refractivity contribution in [1.29, 1.82) is 0 Å². The molecule has 0 aliphatic heterocycles. The maximum Gasteiger partial charge on any atom is 0.0572 e. The van der Waals surface area contributed by atoms with Crippen molar-refractivity contribution in [3.8, 4) is 0 Å². The Labute approximate surface area is 75.0 Å². The lowest BCUT2D eigenvalue weighted by Gasteiger charge is -2.05. The summed E-state index contributed by atoms with van der Waals surface area (Å²) in [5.74, 6) is 0. The highest BCUT2D eigenvalue weighted by molar-refractivity contribution is 9.10. The summed E-state index contributed by atoms with van der Waals surface area (Å²) in [7, 11) is 0. The first-order valence-electron chi connectivity index (χ1n) is 3.50. The average molecular weight is 215 g/mol. The van der Waals surface area contributed by atoms with Crippen molar-refractivity contribution in [2.75, 3.05) is 0 Å². The molecule has 0 aliphatic rings. The molecule has 0 saturated carbocycles. The molecule has 1 aromatic heterocycles. The molecule has 3 heteroatoms. The minimum absolute atomic E-state index is 0.0156. The minimum atomic E-state index is 0.0156. The van der Waals surface area contributed by atoms with E-state index in [2.05, 4.69) is 20.9 Å². The molecule has 2 nitrogen and oxygen atoms in total. The maximum absolute atomic E-state index is 5.65. The van der Waals surface area contributed by atoms with Gasteiger partial charge in [0.05, 0.1) is 11.4 Å². The molecule has 0 amide bonds. The second-order valence-electron chi connectivity index (χ2n) is 2.59. The summed E-state index contributed by atoms with van der Waals surface area (Å²) in [4.78, 5) is 4.30. The predicted molar refractivity (Wildman–Crippen MR) is 49.3 cm³/mol. The van der Waals surface area contributed by atoms with Crippen LogP contribution >= 0.6 is 15.9 Å². The number of hydrogen-bond acceptors (Lipinski definition) is 2. The largest absolute Gasteiger partial charge is 0.323 e. The molecular weight excluding hydrogens is 204 g/mol. The van der Waals surface area contributed by atoms with Gasteiger partial charge in [-0.25, -0.2) is 0 Å². The molecule has 0 spiro atoms. The molecule has 0 aliphatic carbocycles. The van der Waals surface area contributed by atoms with E-state index in [4.69, 9.17) is 5.73 Å². The number of hydrogen-bond donors (Lipinski definition) is 1. The van der Waals surface area contributed by atoms with Crippen LogP contribution in [0.4, 0.5) is 0 Å². The molecular formula is C8H11BrN2. The molecule has 11 heavy (non-hydrogen) atoms. The first-order chi connectivity index (χ1) is 5.11. The molecule has 60 valence electrons. The first kappa shape index (κ1) is 8.68. The molecule has 1 heterocycles. The van der Waals surface area contributed by atoms with Gasteiger partial charge in [-0.1, -0.05) is 0 Å². The summed E-state index contributed by atoms with van der Waals surface area (Å²) in [5, 5.41) is 0. The molecule has 1 aromatic rings. The molecule has 1 atom stereocenters. The van der Waals surface area contributed by atoms with Crippen LogP contribution in [-0.4, -0.2) is 4.98 Å². The Kier molecular flexibility index (Phi) is 2.62. The van der Waals surface area contributed by atoms with E-state index in [1.807, 2.05) is 26.0 Å². The van der Waals surface area contributed by atoms with E-state index in [1.54, 1.807) is 0 Å². The standard InChI is InChI=1S/C8H11BrN2/c1-5(10)8-4-3-7(9)6(2)11-8/h3-5H,10H2,1-2H3. The fraction of sp³-hybridized carbons (Fsp3) is 0.375. The third-order valence-corrected chi connectivity index (χ3v) is 2.35. The smallest absolute Gasteiger partial charge is 0.0572 e. The summed E-state index contributed by atoms with van der Waals surface area (Å²) >= 11 is 3.38. The fourth-order valence-electron chi connectivity index (χ4n) is 0.817. The number of nitrogens with zero attached hydrogens (tertiary/aromatic N) is 1. The summed E-state index contributed by atoms with van der Waals surface area (Å²) in [6.45, 7) is 3.88. The highest BCUT2D eigenvalue weighted by Gasteiger charge is 2.02. The van der Waals surface area contributed by atoms with Gasteiger partial charge in [0, 0.05) is 10.5 Å². The summed E-state index contributed by atoms with van der Waals surface area (Å²) in [6, 6.07) is 3.92. The summed E-state index contributed by atoms with van der Waals surface area (Å²) in [5.41, 5.74) is 7.58. The van der Waals surface area contributed by atoms with Crippen molar-refractivity contribution in [1.82, 2.24) is 4.98 Å². The van der Waals surface area contributed by atoms with Crippen molar-refractivity contribution < 1.29 is 0 Å². The molecule has 1 rings (SSSR count). The second-order valence-corrected chi connectivity index (χ2v) is 3.45. The molecule has 0 aromatic carbocycles. The van der Waals surface area contributed by atoms with Crippen LogP contribution in [0.2, 0.25) is 0 Å². The summed E-state index contributed by atoms with van der Waals surface area (Å²) in [6.07, 6.45) is 0. The molecule has 0 bridgehead atoms. The lowest BCUT2D eigenvalue weighted by molar-refractivity contribution is 0.774. The third-order valence-electron chi connectivity index (χ3n) is 1.51. The Morgan fingerprint density at radius 3 is 2.64 bits per heavy atom. The third kappa shape index (κ3) is 2.01. The quantitative estimate of drug-likeness (QED) is 0.779. The van der Waals surface area contributed by atoms with Crippen LogP contribution in [0.25, 0.3) is 0 Å². The zero-order valence-corrected chi connectivity index (χ0v) is 8.22. The number of rotatable bonds is 1. The van der Waals surface area contributed by atoms with Gasteiger partial charge in [-0.3, -0.25) is 4.98 Å². The number of aromatic nitrogens is 1. The molecule has 1 unspecified atom stereocenters. The van der Waals surface area contributed by atoms with Crippen molar-refractivity contribution in [2.45, 2.75) is 19.9 Å². The van der Waals surface area contributed by atoms with E-state index in [-0.39, 0.29) is 6.04 Å². The van der Waals surface area contributed by atoms with Crippen LogP contribution < -0.4 is 5.73 Å². The van der Waals surface area contributed by atoms with Crippen LogP contribution in [0.15, 0.2) is 16.6 Å². The summed E-state index contributed by atoms with van der Waals surface area (Å²) < 4.78 is 1.03. The van der Waals surface area contributed by atoms with E-state index < -0.39 is 0 Å². The zero-order valence-electron chi connectivity index (χ0n) is 6.63. The monoisotopic (exact) mass is 214 g/mol. The highest BCUT2D eigenvalue weighted by atomic mass is 79.9. The van der Waals surface area contributed by atoms with E-state index in [0.29, 0.717) is 0 Å². The Morgan fingerprint density at radius 2 is 2.18 bits per heavy atom. The molecule has 0 fully saturated rings. The second kappa shape index (κ2) is 3.32. The molecule has 0 saturated heterocycles. The molecule has 0 radical (unpaired) electrons. The van der Waals surface area contributed by atoms with Gasteiger partial charge in [-0.15, -0.1) is 0 Å².